The number of hydrogen-bond donors (Lipinski definition) is 2. The van der Waals surface area contributed by atoms with Crippen molar-refractivity contribution >= 4 is 11.6 Å². The second-order valence-corrected chi connectivity index (χ2v) is 5.06. The molecule has 2 aromatic carbocycles. The lowest BCUT2D eigenvalue weighted by Crippen LogP contribution is -2.27. The minimum Gasteiger partial charge on any atom is -0.497 e. The molecule has 0 radical (unpaired) electrons. The molecule has 0 spiro atoms. The van der Waals surface area contributed by atoms with E-state index in [-0.39, 0.29) is 11.9 Å². The Balaban J connectivity index is 2.16. The van der Waals surface area contributed by atoms with Crippen LogP contribution in [0.5, 0.6) is 5.75 Å². The van der Waals surface area contributed by atoms with Gasteiger partial charge in [0.25, 0.3) is 5.91 Å². The molecule has 0 saturated carbocycles. The number of methoxy groups -OCH3 is 1. The highest BCUT2D eigenvalue weighted by molar-refractivity contribution is 5.99. The van der Waals surface area contributed by atoms with Gasteiger partial charge in [-0.2, -0.15) is 0 Å². The summed E-state index contributed by atoms with van der Waals surface area (Å²) in [6.07, 6.45) is 0. The maximum Gasteiger partial charge on any atom is 0.253 e. The van der Waals surface area contributed by atoms with Crippen molar-refractivity contribution in [3.05, 3.63) is 59.2 Å². The van der Waals surface area contributed by atoms with Gasteiger partial charge in [-0.3, -0.25) is 4.79 Å². The third-order valence-corrected chi connectivity index (χ3v) is 3.39. The number of amides is 1. The third kappa shape index (κ3) is 3.54. The van der Waals surface area contributed by atoms with Gasteiger partial charge >= 0.3 is 0 Å². The average Bonchev–Trinajstić information content (AvgIpc) is 2.49. The third-order valence-electron chi connectivity index (χ3n) is 3.39. The van der Waals surface area contributed by atoms with Crippen LogP contribution in [-0.4, -0.2) is 13.0 Å². The number of aryl methyl sites for hydroxylation is 1. The van der Waals surface area contributed by atoms with E-state index in [1.54, 1.807) is 19.2 Å². The van der Waals surface area contributed by atoms with Crippen LogP contribution >= 0.6 is 0 Å². The highest BCUT2D eigenvalue weighted by atomic mass is 16.5. The van der Waals surface area contributed by atoms with Crippen LogP contribution in [0, 0.1) is 6.92 Å². The van der Waals surface area contributed by atoms with Crippen molar-refractivity contribution in [2.24, 2.45) is 0 Å². The number of ether oxygens (including phenoxy) is 1. The van der Waals surface area contributed by atoms with E-state index in [0.29, 0.717) is 11.3 Å². The van der Waals surface area contributed by atoms with Crippen LogP contribution in [-0.2, 0) is 0 Å². The monoisotopic (exact) mass is 284 g/mol. The second kappa shape index (κ2) is 6.31. The first kappa shape index (κ1) is 14.9. The van der Waals surface area contributed by atoms with Gasteiger partial charge < -0.3 is 15.8 Å². The van der Waals surface area contributed by atoms with Crippen molar-refractivity contribution in [3.8, 4) is 5.75 Å². The lowest BCUT2D eigenvalue weighted by atomic mass is 10.1. The number of nitrogens with one attached hydrogen (secondary N) is 1. The van der Waals surface area contributed by atoms with Crippen LogP contribution in [0.25, 0.3) is 0 Å². The standard InChI is InChI=1S/C17H20N2O2/c1-11-7-8-16(18)15(9-11)17(20)19-12(2)13-5-4-6-14(10-13)21-3/h4-10,12H,18H2,1-3H3,(H,19,20). The lowest BCUT2D eigenvalue weighted by molar-refractivity contribution is 0.0940. The smallest absolute Gasteiger partial charge is 0.253 e. The Morgan fingerprint density at radius 3 is 2.71 bits per heavy atom. The average molecular weight is 284 g/mol. The van der Waals surface area contributed by atoms with Gasteiger partial charge in [0.05, 0.1) is 18.7 Å². The van der Waals surface area contributed by atoms with E-state index in [0.717, 1.165) is 16.9 Å². The number of rotatable bonds is 4. The molecule has 0 fully saturated rings. The lowest BCUT2D eigenvalue weighted by Gasteiger charge is -2.16. The fraction of sp³-hybridized carbons (Fsp3) is 0.235. The van der Waals surface area contributed by atoms with E-state index in [2.05, 4.69) is 5.32 Å². The molecule has 1 atom stereocenters. The summed E-state index contributed by atoms with van der Waals surface area (Å²) in [5.41, 5.74) is 8.84. The van der Waals surface area contributed by atoms with Crippen molar-refractivity contribution in [1.82, 2.24) is 5.32 Å². The summed E-state index contributed by atoms with van der Waals surface area (Å²) in [5.74, 6) is 0.593. The van der Waals surface area contributed by atoms with Crippen LogP contribution in [0.15, 0.2) is 42.5 Å². The maximum atomic E-state index is 12.3. The van der Waals surface area contributed by atoms with Gasteiger partial charge in [-0.1, -0.05) is 23.8 Å². The Bertz CT molecular complexity index is 653. The van der Waals surface area contributed by atoms with Crippen molar-refractivity contribution in [3.63, 3.8) is 0 Å². The Morgan fingerprint density at radius 1 is 1.24 bits per heavy atom. The molecule has 0 saturated heterocycles. The van der Waals surface area contributed by atoms with E-state index in [1.165, 1.54) is 0 Å². The van der Waals surface area contributed by atoms with E-state index < -0.39 is 0 Å². The van der Waals surface area contributed by atoms with E-state index in [9.17, 15) is 4.79 Å². The van der Waals surface area contributed by atoms with Crippen molar-refractivity contribution < 1.29 is 9.53 Å². The van der Waals surface area contributed by atoms with Crippen molar-refractivity contribution in [1.29, 1.82) is 0 Å². The number of carbonyl (C=O) groups excluding carboxylic acids is 1. The minimum atomic E-state index is -0.175. The number of anilines is 1. The molecular weight excluding hydrogens is 264 g/mol. The van der Waals surface area contributed by atoms with Gasteiger partial charge in [-0.25, -0.2) is 0 Å². The van der Waals surface area contributed by atoms with Crippen molar-refractivity contribution in [2.45, 2.75) is 19.9 Å². The molecular formula is C17H20N2O2. The molecule has 4 heteroatoms. The molecule has 0 heterocycles. The predicted octanol–water partition coefficient (Wildman–Crippen LogP) is 3.08. The number of hydrogen-bond acceptors (Lipinski definition) is 3. The van der Waals surface area contributed by atoms with Gasteiger partial charge in [0.15, 0.2) is 0 Å². The highest BCUT2D eigenvalue weighted by Gasteiger charge is 2.14. The summed E-state index contributed by atoms with van der Waals surface area (Å²) in [4.78, 5) is 12.3. The maximum absolute atomic E-state index is 12.3. The predicted molar refractivity (Wildman–Crippen MR) is 84.5 cm³/mol. The van der Waals surface area contributed by atoms with Gasteiger partial charge in [0, 0.05) is 5.69 Å². The molecule has 0 aliphatic carbocycles. The van der Waals surface area contributed by atoms with E-state index in [4.69, 9.17) is 10.5 Å². The summed E-state index contributed by atoms with van der Waals surface area (Å²) >= 11 is 0. The highest BCUT2D eigenvalue weighted by Crippen LogP contribution is 2.20. The Labute approximate surface area is 124 Å². The van der Waals surface area contributed by atoms with Gasteiger partial charge in [0.1, 0.15) is 5.75 Å². The molecule has 2 aromatic rings. The molecule has 0 aromatic heterocycles. The van der Waals surface area contributed by atoms with Crippen LogP contribution in [0.1, 0.15) is 34.5 Å². The number of nitrogens with two attached hydrogens (primary N) is 1. The van der Waals surface area contributed by atoms with Crippen LogP contribution in [0.2, 0.25) is 0 Å². The molecule has 2 rings (SSSR count). The number of nitrogen functional groups attached to an aromatic ring is 1. The summed E-state index contributed by atoms with van der Waals surface area (Å²) in [6, 6.07) is 12.9. The summed E-state index contributed by atoms with van der Waals surface area (Å²) < 4.78 is 5.20. The van der Waals surface area contributed by atoms with E-state index in [1.807, 2.05) is 44.2 Å². The Morgan fingerprint density at radius 2 is 2.00 bits per heavy atom. The zero-order chi connectivity index (χ0) is 15.4. The molecule has 1 unspecified atom stereocenters. The molecule has 0 aliphatic heterocycles. The normalized spacial score (nSPS) is 11.8. The molecule has 1 amide bonds. The summed E-state index contributed by atoms with van der Waals surface area (Å²) in [7, 11) is 1.62. The fourth-order valence-corrected chi connectivity index (χ4v) is 2.14. The Hall–Kier alpha value is -2.49. The molecule has 3 N–H and O–H groups in total. The van der Waals surface area contributed by atoms with Crippen LogP contribution < -0.4 is 15.8 Å². The van der Waals surface area contributed by atoms with Gasteiger partial charge in [-0.15, -0.1) is 0 Å². The molecule has 4 nitrogen and oxygen atoms in total. The first-order chi connectivity index (χ1) is 10.0. The first-order valence-corrected chi connectivity index (χ1v) is 6.82. The SMILES string of the molecule is COc1cccc(C(C)NC(=O)c2cc(C)ccc2N)c1. The quantitative estimate of drug-likeness (QED) is 0.848. The minimum absolute atomic E-state index is 0.132. The van der Waals surface area contributed by atoms with Crippen LogP contribution in [0.3, 0.4) is 0 Å². The van der Waals surface area contributed by atoms with Crippen LogP contribution in [0.4, 0.5) is 5.69 Å². The van der Waals surface area contributed by atoms with Gasteiger partial charge in [0.2, 0.25) is 0 Å². The number of benzene rings is 2. The summed E-state index contributed by atoms with van der Waals surface area (Å²) in [6.45, 7) is 3.86. The molecule has 0 aliphatic rings. The van der Waals surface area contributed by atoms with Crippen molar-refractivity contribution in [2.75, 3.05) is 12.8 Å². The molecule has 110 valence electrons. The molecule has 21 heavy (non-hydrogen) atoms. The largest absolute Gasteiger partial charge is 0.497 e. The summed E-state index contributed by atoms with van der Waals surface area (Å²) in [5, 5.41) is 2.96. The van der Waals surface area contributed by atoms with Gasteiger partial charge in [-0.05, 0) is 43.7 Å². The van der Waals surface area contributed by atoms with E-state index >= 15 is 0 Å². The second-order valence-electron chi connectivity index (χ2n) is 5.06. The zero-order valence-corrected chi connectivity index (χ0v) is 12.5. The zero-order valence-electron chi connectivity index (χ0n) is 12.5. The first-order valence-electron chi connectivity index (χ1n) is 6.82. The molecule has 0 bridgehead atoms. The number of carbonyl (C=O) groups is 1. The Kier molecular flexibility index (Phi) is 4.48. The fourth-order valence-electron chi connectivity index (χ4n) is 2.14. The topological polar surface area (TPSA) is 64.3 Å².